The van der Waals surface area contributed by atoms with Crippen molar-refractivity contribution in [1.82, 2.24) is 9.63 Å². The van der Waals surface area contributed by atoms with E-state index >= 15 is 0 Å². The van der Waals surface area contributed by atoms with Gasteiger partial charge in [0.15, 0.2) is 0 Å². The van der Waals surface area contributed by atoms with Crippen LogP contribution >= 0.6 is 0 Å². The maximum absolute atomic E-state index is 12.3. The molecule has 1 aromatic carbocycles. The monoisotopic (exact) mass is 360 g/mol. The summed E-state index contributed by atoms with van der Waals surface area (Å²) in [6, 6.07) is 9.91. The molecular weight excluding hydrogens is 344 g/mol. The lowest BCUT2D eigenvalue weighted by atomic mass is 10.2. The number of imide groups is 1. The van der Waals surface area contributed by atoms with Crippen LogP contribution in [0.1, 0.15) is 18.4 Å². The number of carbonyl (C=O) groups is 3. The molecule has 0 spiro atoms. The molecule has 3 rings (SSSR count). The van der Waals surface area contributed by atoms with Gasteiger partial charge in [-0.05, 0) is 12.0 Å². The second-order valence-corrected chi connectivity index (χ2v) is 5.61. The van der Waals surface area contributed by atoms with E-state index in [1.807, 2.05) is 6.07 Å². The minimum Gasteiger partial charge on any atom is -0.492 e. The Morgan fingerprint density at radius 2 is 1.73 bits per heavy atom. The van der Waals surface area contributed by atoms with E-state index in [2.05, 4.69) is 0 Å². The first-order valence-corrected chi connectivity index (χ1v) is 7.82. The Morgan fingerprint density at radius 1 is 1.08 bits per heavy atom. The van der Waals surface area contributed by atoms with Crippen molar-refractivity contribution in [3.63, 3.8) is 0 Å². The summed E-state index contributed by atoms with van der Waals surface area (Å²) in [5.41, 5.74) is 0.730. The third-order valence-corrected chi connectivity index (χ3v) is 3.86. The van der Waals surface area contributed by atoms with E-state index in [1.165, 1.54) is 0 Å². The SMILES string of the molecule is O=C(On1c(O)ccc1O)[C@H]1CCC(=O)N1C(=O)OCc1ccccc1. The van der Waals surface area contributed by atoms with E-state index in [4.69, 9.17) is 9.57 Å². The number of aromatic hydroxyl groups is 2. The smallest absolute Gasteiger partial charge is 0.417 e. The highest BCUT2D eigenvalue weighted by molar-refractivity contribution is 5.99. The van der Waals surface area contributed by atoms with Crippen LogP contribution in [-0.2, 0) is 20.9 Å². The maximum atomic E-state index is 12.3. The predicted octanol–water partition coefficient (Wildman–Crippen LogP) is 1.18. The minimum absolute atomic E-state index is 0.0240. The number of nitrogens with zero attached hydrogens (tertiary/aromatic N) is 2. The highest BCUT2D eigenvalue weighted by Gasteiger charge is 2.43. The molecule has 1 saturated heterocycles. The molecule has 9 heteroatoms. The van der Waals surface area contributed by atoms with Crippen molar-refractivity contribution in [2.45, 2.75) is 25.5 Å². The van der Waals surface area contributed by atoms with Crippen LogP contribution in [0, 0.1) is 0 Å². The molecule has 26 heavy (non-hydrogen) atoms. The molecule has 0 unspecified atom stereocenters. The number of rotatable bonds is 4. The van der Waals surface area contributed by atoms with Gasteiger partial charge in [0.25, 0.3) is 0 Å². The van der Waals surface area contributed by atoms with Gasteiger partial charge in [0, 0.05) is 18.6 Å². The third-order valence-electron chi connectivity index (χ3n) is 3.86. The molecule has 1 aliphatic rings. The number of likely N-dealkylation sites (tertiary alicyclic amines) is 1. The fourth-order valence-corrected chi connectivity index (χ4v) is 2.57. The fourth-order valence-electron chi connectivity index (χ4n) is 2.57. The van der Waals surface area contributed by atoms with Crippen molar-refractivity contribution < 1.29 is 34.2 Å². The van der Waals surface area contributed by atoms with Gasteiger partial charge in [-0.3, -0.25) is 4.79 Å². The maximum Gasteiger partial charge on any atom is 0.417 e. The number of hydrogen-bond donors (Lipinski definition) is 2. The van der Waals surface area contributed by atoms with E-state index in [1.54, 1.807) is 24.3 Å². The van der Waals surface area contributed by atoms with Crippen LogP contribution in [0.15, 0.2) is 42.5 Å². The van der Waals surface area contributed by atoms with Crippen LogP contribution < -0.4 is 4.84 Å². The zero-order chi connectivity index (χ0) is 18.7. The quantitative estimate of drug-likeness (QED) is 0.840. The molecule has 2 aromatic rings. The van der Waals surface area contributed by atoms with Crippen LogP contribution in [0.2, 0.25) is 0 Å². The average molecular weight is 360 g/mol. The molecule has 1 aliphatic heterocycles. The average Bonchev–Trinajstić information content (AvgIpc) is 3.17. The Hall–Kier alpha value is -3.49. The van der Waals surface area contributed by atoms with Gasteiger partial charge >= 0.3 is 12.1 Å². The third kappa shape index (κ3) is 3.46. The summed E-state index contributed by atoms with van der Waals surface area (Å²) in [5.74, 6) is -2.54. The molecular formula is C17H16N2O7. The lowest BCUT2D eigenvalue weighted by molar-refractivity contribution is -0.152. The summed E-state index contributed by atoms with van der Waals surface area (Å²) in [6.07, 6.45) is -0.927. The molecule has 2 amide bonds. The Morgan fingerprint density at radius 3 is 2.38 bits per heavy atom. The number of aromatic nitrogens is 1. The summed E-state index contributed by atoms with van der Waals surface area (Å²) in [7, 11) is 0. The van der Waals surface area contributed by atoms with E-state index < -0.39 is 35.8 Å². The van der Waals surface area contributed by atoms with Gasteiger partial charge in [-0.15, -0.1) is 4.73 Å². The van der Waals surface area contributed by atoms with Crippen molar-refractivity contribution in [1.29, 1.82) is 0 Å². The van der Waals surface area contributed by atoms with Gasteiger partial charge < -0.3 is 19.8 Å². The highest BCUT2D eigenvalue weighted by Crippen LogP contribution is 2.23. The Labute approximate surface area is 147 Å². The van der Waals surface area contributed by atoms with E-state index in [9.17, 15) is 24.6 Å². The predicted molar refractivity (Wildman–Crippen MR) is 85.8 cm³/mol. The number of amides is 2. The second kappa shape index (κ2) is 7.18. The highest BCUT2D eigenvalue weighted by atomic mass is 16.7. The molecule has 2 N–H and O–H groups in total. The number of hydrogen-bond acceptors (Lipinski definition) is 7. The van der Waals surface area contributed by atoms with Gasteiger partial charge in [0.05, 0.1) is 0 Å². The molecule has 2 heterocycles. The summed E-state index contributed by atoms with van der Waals surface area (Å²) >= 11 is 0. The lowest BCUT2D eigenvalue weighted by Gasteiger charge is -2.21. The van der Waals surface area contributed by atoms with Gasteiger partial charge in [0.1, 0.15) is 12.6 Å². The summed E-state index contributed by atoms with van der Waals surface area (Å²) in [6.45, 7) is -0.0512. The molecule has 1 fully saturated rings. The van der Waals surface area contributed by atoms with Crippen molar-refractivity contribution in [2.24, 2.45) is 0 Å². The summed E-state index contributed by atoms with van der Waals surface area (Å²) < 4.78 is 5.60. The Balaban J connectivity index is 1.67. The fraction of sp³-hybridized carbons (Fsp3) is 0.235. The van der Waals surface area contributed by atoms with Crippen LogP contribution in [-0.4, -0.2) is 43.9 Å². The van der Waals surface area contributed by atoms with Crippen molar-refractivity contribution in [3.8, 4) is 11.8 Å². The summed E-state index contributed by atoms with van der Waals surface area (Å²) in [4.78, 5) is 42.1. The topological polar surface area (TPSA) is 118 Å². The minimum atomic E-state index is -1.20. The van der Waals surface area contributed by atoms with Crippen LogP contribution in [0.5, 0.6) is 11.8 Å². The molecule has 1 atom stereocenters. The first-order chi connectivity index (χ1) is 12.5. The number of ether oxygens (including phenoxy) is 1. The molecule has 0 bridgehead atoms. The van der Waals surface area contributed by atoms with Gasteiger partial charge in [0.2, 0.25) is 17.7 Å². The van der Waals surface area contributed by atoms with Gasteiger partial charge in [-0.1, -0.05) is 30.3 Å². The first kappa shape index (κ1) is 17.3. The molecule has 0 radical (unpaired) electrons. The summed E-state index contributed by atoms with van der Waals surface area (Å²) in [5, 5.41) is 19.0. The van der Waals surface area contributed by atoms with Crippen LogP contribution in [0.4, 0.5) is 4.79 Å². The first-order valence-electron chi connectivity index (χ1n) is 7.82. The van der Waals surface area contributed by atoms with Crippen LogP contribution in [0.3, 0.4) is 0 Å². The lowest BCUT2D eigenvalue weighted by Crippen LogP contribution is -2.46. The molecule has 1 aromatic heterocycles. The standard InChI is InChI=1S/C17H16N2O7/c20-13-7-6-12(16(23)26-19-14(21)8-9-15(19)22)18(13)17(24)25-10-11-4-2-1-3-5-11/h1-5,8-9,12,21-22H,6-7,10H2/t12-/m1/s1. The van der Waals surface area contributed by atoms with Crippen LogP contribution in [0.25, 0.3) is 0 Å². The molecule has 136 valence electrons. The normalized spacial score (nSPS) is 16.5. The van der Waals surface area contributed by atoms with Crippen molar-refractivity contribution in [2.75, 3.05) is 0 Å². The van der Waals surface area contributed by atoms with Crippen molar-refractivity contribution >= 4 is 18.0 Å². The van der Waals surface area contributed by atoms with E-state index in [0.29, 0.717) is 9.63 Å². The molecule has 9 nitrogen and oxygen atoms in total. The van der Waals surface area contributed by atoms with Gasteiger partial charge in [-0.2, -0.15) is 0 Å². The van der Waals surface area contributed by atoms with Crippen molar-refractivity contribution in [3.05, 3.63) is 48.0 Å². The second-order valence-electron chi connectivity index (χ2n) is 5.61. The Kier molecular flexibility index (Phi) is 4.78. The number of carbonyl (C=O) groups excluding carboxylic acids is 3. The van der Waals surface area contributed by atoms with E-state index in [-0.39, 0.29) is 19.4 Å². The number of benzene rings is 1. The van der Waals surface area contributed by atoms with Gasteiger partial charge in [-0.25, -0.2) is 14.5 Å². The molecule has 0 aliphatic carbocycles. The zero-order valence-corrected chi connectivity index (χ0v) is 13.6. The van der Waals surface area contributed by atoms with E-state index in [0.717, 1.165) is 17.7 Å². The zero-order valence-electron chi connectivity index (χ0n) is 13.6. The Bertz CT molecular complexity index is 811. The largest absolute Gasteiger partial charge is 0.492 e. The molecule has 0 saturated carbocycles.